The van der Waals surface area contributed by atoms with Crippen molar-refractivity contribution in [1.29, 1.82) is 0 Å². The van der Waals surface area contributed by atoms with Gasteiger partial charge < -0.3 is 0 Å². The molecule has 2 aromatic rings. The zero-order valence-corrected chi connectivity index (χ0v) is 13.7. The maximum atomic E-state index is 15.0. The van der Waals surface area contributed by atoms with Crippen LogP contribution >= 0.6 is 23.2 Å². The quantitative estimate of drug-likeness (QED) is 0.406. The summed E-state index contributed by atoms with van der Waals surface area (Å²) in [6.07, 6.45) is 0. The number of hydrogen-bond donors (Lipinski definition) is 0. The molecule has 2 rings (SSSR count). The van der Waals surface area contributed by atoms with Gasteiger partial charge in [-0.15, -0.1) is 0 Å². The van der Waals surface area contributed by atoms with Crippen molar-refractivity contribution >= 4 is 23.2 Å². The Balaban J connectivity index is 2.63. The van der Waals surface area contributed by atoms with Gasteiger partial charge in [0.1, 0.15) is 0 Å². The number of alkyl halides is 8. The number of halogens is 8. The van der Waals surface area contributed by atoms with E-state index in [0.717, 1.165) is 48.5 Å². The summed E-state index contributed by atoms with van der Waals surface area (Å²) in [4.78, 5) is 0. The molecule has 0 aromatic heterocycles. The van der Waals surface area contributed by atoms with Gasteiger partial charge in [0.2, 0.25) is 0 Å². The molecule has 0 spiro atoms. The molecular weight excluding hydrogens is 393 g/mol. The molecule has 25 heavy (non-hydrogen) atoms. The summed E-state index contributed by atoms with van der Waals surface area (Å²) in [6.45, 7) is 0. The molecule has 136 valence electrons. The van der Waals surface area contributed by atoms with E-state index in [9.17, 15) is 17.6 Å². The van der Waals surface area contributed by atoms with Gasteiger partial charge in [-0.25, -0.2) is 0 Å². The minimum atomic E-state index is -4.89. The van der Waals surface area contributed by atoms with E-state index >= 15 is 8.78 Å². The maximum absolute atomic E-state index is 15.0. The first-order valence-corrected chi connectivity index (χ1v) is 7.50. The van der Waals surface area contributed by atoms with E-state index in [1.807, 2.05) is 0 Å². The lowest BCUT2D eigenvalue weighted by atomic mass is 10.0. The van der Waals surface area contributed by atoms with Crippen LogP contribution in [0.25, 0.3) is 0 Å². The van der Waals surface area contributed by atoms with Gasteiger partial charge >= 0.3 is 22.5 Å². The van der Waals surface area contributed by atoms with E-state index < -0.39 is 33.6 Å². The summed E-state index contributed by atoms with van der Waals surface area (Å²) in [5, 5.41) is -9.77. The zero-order chi connectivity index (χ0) is 18.9. The Hall–Kier alpha value is -1.44. The van der Waals surface area contributed by atoms with E-state index in [2.05, 4.69) is 4.74 Å². The van der Waals surface area contributed by atoms with Gasteiger partial charge in [0.25, 0.3) is 0 Å². The summed E-state index contributed by atoms with van der Waals surface area (Å²) in [7, 11) is 0. The number of rotatable bonds is 6. The molecule has 9 heteroatoms. The molecule has 0 aliphatic heterocycles. The lowest BCUT2D eigenvalue weighted by Crippen LogP contribution is -2.50. The largest absolute Gasteiger partial charge is 0.384 e. The van der Waals surface area contributed by atoms with Crippen LogP contribution in [0, 0.1) is 0 Å². The van der Waals surface area contributed by atoms with Crippen LogP contribution in [0.2, 0.25) is 0 Å². The van der Waals surface area contributed by atoms with Gasteiger partial charge in [-0.1, -0.05) is 60.7 Å². The first-order chi connectivity index (χ1) is 11.4. The Morgan fingerprint density at radius 1 is 0.560 bits per heavy atom. The van der Waals surface area contributed by atoms with Crippen molar-refractivity contribution in [2.45, 2.75) is 22.5 Å². The van der Waals surface area contributed by atoms with Crippen molar-refractivity contribution in [3.8, 4) is 0 Å². The predicted octanol–water partition coefficient (Wildman–Crippen LogP) is 6.31. The van der Waals surface area contributed by atoms with Crippen molar-refractivity contribution in [1.82, 2.24) is 0 Å². The third-order valence-corrected chi connectivity index (χ3v) is 3.79. The van der Waals surface area contributed by atoms with Crippen LogP contribution in [0.5, 0.6) is 0 Å². The summed E-state index contributed by atoms with van der Waals surface area (Å²) < 4.78 is 88.8. The first-order valence-electron chi connectivity index (χ1n) is 6.74. The second-order valence-corrected chi connectivity index (χ2v) is 5.97. The molecule has 2 unspecified atom stereocenters. The highest BCUT2D eigenvalue weighted by atomic mass is 35.5. The normalized spacial score (nSPS) is 17.6. The summed E-state index contributed by atoms with van der Waals surface area (Å²) in [6, 6.07) is 10.3. The predicted molar refractivity (Wildman–Crippen MR) is 81.1 cm³/mol. The molecular formula is C16H10Cl2F6O. The summed E-state index contributed by atoms with van der Waals surface area (Å²) in [5.74, 6) is -8.86. The molecule has 0 fully saturated rings. The smallest absolute Gasteiger partial charge is 0.289 e. The number of hydrogen-bond acceptors (Lipinski definition) is 1. The minimum absolute atomic E-state index is 0.786. The maximum Gasteiger partial charge on any atom is 0.384 e. The van der Waals surface area contributed by atoms with Gasteiger partial charge in [-0.2, -0.15) is 26.3 Å². The van der Waals surface area contributed by atoms with Gasteiger partial charge in [0.15, 0.2) is 0 Å². The van der Waals surface area contributed by atoms with Crippen molar-refractivity contribution in [2.75, 3.05) is 0 Å². The topological polar surface area (TPSA) is 9.23 Å². The molecule has 0 aliphatic carbocycles. The van der Waals surface area contributed by atoms with Gasteiger partial charge in [-0.3, -0.25) is 4.74 Å². The third kappa shape index (κ3) is 3.73. The average molecular weight is 403 g/mol. The Labute approximate surface area is 149 Å². The van der Waals surface area contributed by atoms with Gasteiger partial charge in [0.05, 0.1) is 0 Å². The fourth-order valence-corrected chi connectivity index (χ4v) is 2.36. The number of ether oxygens (including phenoxy) is 1. The Morgan fingerprint density at radius 2 is 0.840 bits per heavy atom. The highest BCUT2D eigenvalue weighted by molar-refractivity contribution is 6.23. The van der Waals surface area contributed by atoms with E-state index in [1.54, 1.807) is 0 Å². The third-order valence-electron chi connectivity index (χ3n) is 3.30. The molecule has 0 heterocycles. The molecule has 0 saturated heterocycles. The van der Waals surface area contributed by atoms with Crippen molar-refractivity contribution in [2.24, 2.45) is 0 Å². The Morgan fingerprint density at radius 3 is 1.08 bits per heavy atom. The van der Waals surface area contributed by atoms with Crippen molar-refractivity contribution < 1.29 is 31.1 Å². The van der Waals surface area contributed by atoms with Crippen LogP contribution in [-0.2, 0) is 16.4 Å². The molecule has 0 N–H and O–H groups in total. The molecule has 2 aromatic carbocycles. The summed E-state index contributed by atoms with van der Waals surface area (Å²) in [5.41, 5.74) is -1.93. The van der Waals surface area contributed by atoms with Crippen LogP contribution in [-0.4, -0.2) is 10.8 Å². The monoisotopic (exact) mass is 402 g/mol. The summed E-state index contributed by atoms with van der Waals surface area (Å²) >= 11 is 9.46. The fourth-order valence-electron chi connectivity index (χ4n) is 2.06. The van der Waals surface area contributed by atoms with E-state index in [1.165, 1.54) is 12.1 Å². The lowest BCUT2D eigenvalue weighted by molar-refractivity contribution is -0.375. The van der Waals surface area contributed by atoms with Crippen LogP contribution in [0.15, 0.2) is 60.7 Å². The SMILES string of the molecule is FC(F)(Cl)C(F)(OC(F)(c1ccccc1)C(F)(F)Cl)c1ccccc1. The van der Waals surface area contributed by atoms with Crippen molar-refractivity contribution in [3.63, 3.8) is 0 Å². The lowest BCUT2D eigenvalue weighted by Gasteiger charge is -2.38. The first kappa shape index (κ1) is 19.9. The van der Waals surface area contributed by atoms with Crippen LogP contribution in [0.3, 0.4) is 0 Å². The van der Waals surface area contributed by atoms with E-state index in [-0.39, 0.29) is 0 Å². The molecule has 2 atom stereocenters. The van der Waals surface area contributed by atoms with Crippen molar-refractivity contribution in [3.05, 3.63) is 71.8 Å². The molecule has 0 saturated carbocycles. The van der Waals surface area contributed by atoms with Crippen LogP contribution in [0.4, 0.5) is 26.3 Å². The standard InChI is InChI=1S/C16H10Cl2F6O/c17-15(21,22)13(19,11-7-3-1-4-8-11)25-14(20,16(18,23)24)12-9-5-2-6-10-12/h1-10H. The molecule has 1 nitrogen and oxygen atoms in total. The zero-order valence-electron chi connectivity index (χ0n) is 12.2. The number of benzene rings is 2. The molecule has 0 amide bonds. The highest BCUT2D eigenvalue weighted by Gasteiger charge is 2.67. The van der Waals surface area contributed by atoms with Crippen LogP contribution < -0.4 is 0 Å². The fraction of sp³-hybridized carbons (Fsp3) is 0.250. The second-order valence-electron chi connectivity index (χ2n) is 5.02. The molecule has 0 bridgehead atoms. The molecule has 0 aliphatic rings. The highest BCUT2D eigenvalue weighted by Crippen LogP contribution is 2.54. The Kier molecular flexibility index (Phi) is 5.33. The van der Waals surface area contributed by atoms with Gasteiger partial charge in [0, 0.05) is 11.1 Å². The van der Waals surface area contributed by atoms with E-state index in [0.29, 0.717) is 0 Å². The van der Waals surface area contributed by atoms with Gasteiger partial charge in [-0.05, 0) is 23.2 Å². The van der Waals surface area contributed by atoms with Crippen LogP contribution in [0.1, 0.15) is 11.1 Å². The molecule has 0 radical (unpaired) electrons. The second kappa shape index (κ2) is 6.70. The average Bonchev–Trinajstić information content (AvgIpc) is 2.54. The minimum Gasteiger partial charge on any atom is -0.289 e. The van der Waals surface area contributed by atoms with E-state index in [4.69, 9.17) is 23.2 Å². The Bertz CT molecular complexity index is 643.